The molecule has 1 aliphatic heterocycles. The van der Waals surface area contributed by atoms with E-state index in [1.165, 1.54) is 16.7 Å². The Bertz CT molecular complexity index is 1440. The Morgan fingerprint density at radius 3 is 2.23 bits per heavy atom. The molecule has 200 valence electrons. The molecule has 1 aliphatic carbocycles. The third-order valence-electron chi connectivity index (χ3n) is 7.02. The molecule has 3 aromatic carbocycles. The number of benzene rings is 3. The van der Waals surface area contributed by atoms with Gasteiger partial charge < -0.3 is 15.4 Å². The molecule has 0 radical (unpaired) electrons. The van der Waals surface area contributed by atoms with Gasteiger partial charge >= 0.3 is 0 Å². The molecular weight excluding hydrogens is 510 g/mol. The maximum absolute atomic E-state index is 13.7. The van der Waals surface area contributed by atoms with E-state index in [9.17, 15) is 14.4 Å². The Balaban J connectivity index is 1.44. The second-order valence-corrected chi connectivity index (χ2v) is 11.0. The maximum Gasteiger partial charge on any atom is 0.283 e. The fourth-order valence-electron chi connectivity index (χ4n) is 4.85. The minimum atomic E-state index is -0.435. The van der Waals surface area contributed by atoms with Crippen LogP contribution in [0.15, 0.2) is 82.2 Å². The van der Waals surface area contributed by atoms with Gasteiger partial charge in [-0.1, -0.05) is 48.4 Å². The number of nitrogens with zero attached hydrogens (tertiary/aromatic N) is 1. The highest BCUT2D eigenvalue weighted by Crippen LogP contribution is 2.39. The number of anilines is 3. The topological polar surface area (TPSA) is 87.7 Å². The summed E-state index contributed by atoms with van der Waals surface area (Å²) >= 11 is 1.21. The number of amides is 3. The van der Waals surface area contributed by atoms with E-state index in [1.807, 2.05) is 68.4 Å². The van der Waals surface area contributed by atoms with Gasteiger partial charge in [-0.3, -0.25) is 14.4 Å². The van der Waals surface area contributed by atoms with Gasteiger partial charge in [-0.05, 0) is 80.8 Å². The molecule has 3 aromatic rings. The Hall–Kier alpha value is -4.04. The first kappa shape index (κ1) is 26.6. The van der Waals surface area contributed by atoms with Gasteiger partial charge in [0.1, 0.15) is 16.4 Å². The molecule has 2 aliphatic rings. The lowest BCUT2D eigenvalue weighted by atomic mass is 10.1. The van der Waals surface area contributed by atoms with Gasteiger partial charge in [0.15, 0.2) is 0 Å². The van der Waals surface area contributed by atoms with Crippen LogP contribution in [-0.2, 0) is 14.4 Å². The molecule has 2 N–H and O–H groups in total. The van der Waals surface area contributed by atoms with Crippen LogP contribution >= 0.6 is 11.8 Å². The molecule has 7 nitrogen and oxygen atoms in total. The van der Waals surface area contributed by atoms with E-state index in [4.69, 9.17) is 4.74 Å². The molecule has 0 saturated heterocycles. The monoisotopic (exact) mass is 541 g/mol. The quantitative estimate of drug-likeness (QED) is 0.320. The van der Waals surface area contributed by atoms with E-state index in [1.54, 1.807) is 19.2 Å². The lowest BCUT2D eigenvalue weighted by molar-refractivity contribution is -0.121. The number of imide groups is 1. The van der Waals surface area contributed by atoms with Gasteiger partial charge in [0.25, 0.3) is 11.8 Å². The zero-order valence-electron chi connectivity index (χ0n) is 22.2. The number of hydrogen-bond donors (Lipinski definition) is 2. The van der Waals surface area contributed by atoms with Crippen LogP contribution in [-0.4, -0.2) is 24.8 Å². The molecule has 0 atom stereocenters. The molecule has 0 spiro atoms. The number of rotatable bonds is 8. The van der Waals surface area contributed by atoms with Crippen LogP contribution in [0.4, 0.5) is 17.1 Å². The van der Waals surface area contributed by atoms with Crippen molar-refractivity contribution in [2.24, 2.45) is 5.92 Å². The third-order valence-corrected chi connectivity index (χ3v) is 8.11. The number of carbonyl (C=O) groups is 3. The van der Waals surface area contributed by atoms with Crippen LogP contribution in [0.5, 0.6) is 5.75 Å². The number of nitrogens with one attached hydrogen (secondary N) is 2. The summed E-state index contributed by atoms with van der Waals surface area (Å²) in [7, 11) is 1.56. The average molecular weight is 542 g/mol. The van der Waals surface area contributed by atoms with Crippen LogP contribution in [0, 0.1) is 19.8 Å². The van der Waals surface area contributed by atoms with Crippen molar-refractivity contribution >= 4 is 46.5 Å². The van der Waals surface area contributed by atoms with Gasteiger partial charge in [0.2, 0.25) is 5.91 Å². The first-order valence-corrected chi connectivity index (χ1v) is 13.9. The summed E-state index contributed by atoms with van der Waals surface area (Å²) in [5.41, 5.74) is 4.02. The second kappa shape index (κ2) is 11.4. The molecule has 39 heavy (non-hydrogen) atoms. The van der Waals surface area contributed by atoms with Gasteiger partial charge in [0, 0.05) is 16.5 Å². The molecule has 1 saturated carbocycles. The van der Waals surface area contributed by atoms with Crippen molar-refractivity contribution in [3.05, 3.63) is 88.5 Å². The van der Waals surface area contributed by atoms with Crippen molar-refractivity contribution in [3.8, 4) is 5.75 Å². The lowest BCUT2D eigenvalue weighted by Crippen LogP contribution is -2.32. The molecule has 3 amide bonds. The standard InChI is InChI=1S/C31H31N3O4S/c1-19-8-13-23(14-9-19)34-30(36)27(33-25-18-20(2)10-17-26(25)38-3)28(31(34)37)39-24-15-11-22(12-16-24)32-29(35)21-6-4-5-7-21/h8-18,21,33H,4-7H2,1-3H3,(H,32,35). The zero-order valence-corrected chi connectivity index (χ0v) is 23.1. The van der Waals surface area contributed by atoms with E-state index in [0.717, 1.165) is 41.7 Å². The number of aryl methyl sites for hydroxylation is 2. The number of methoxy groups -OCH3 is 1. The minimum absolute atomic E-state index is 0.0551. The Labute approximate surface area is 232 Å². The summed E-state index contributed by atoms with van der Waals surface area (Å²) in [6.45, 7) is 3.90. The number of thioether (sulfide) groups is 1. The smallest absolute Gasteiger partial charge is 0.283 e. The van der Waals surface area contributed by atoms with Crippen LogP contribution in [0.1, 0.15) is 36.8 Å². The summed E-state index contributed by atoms with van der Waals surface area (Å²) in [6.07, 6.45) is 4.06. The fraction of sp³-hybridized carbons (Fsp3) is 0.258. The average Bonchev–Trinajstić information content (AvgIpc) is 3.55. The first-order valence-electron chi connectivity index (χ1n) is 13.0. The fourth-order valence-corrected chi connectivity index (χ4v) is 5.78. The first-order chi connectivity index (χ1) is 18.8. The molecule has 5 rings (SSSR count). The van der Waals surface area contributed by atoms with E-state index in [0.29, 0.717) is 22.8 Å². The van der Waals surface area contributed by atoms with Crippen LogP contribution < -0.4 is 20.3 Å². The third kappa shape index (κ3) is 5.71. The van der Waals surface area contributed by atoms with Gasteiger partial charge in [-0.25, -0.2) is 4.90 Å². The van der Waals surface area contributed by atoms with Crippen LogP contribution in [0.25, 0.3) is 0 Å². The SMILES string of the molecule is COc1ccc(C)cc1NC1=C(Sc2ccc(NC(=O)C3CCCC3)cc2)C(=O)N(c2ccc(C)cc2)C1=O. The Morgan fingerprint density at radius 1 is 0.897 bits per heavy atom. The molecular formula is C31H31N3O4S. The Kier molecular flexibility index (Phi) is 7.74. The van der Waals surface area contributed by atoms with Crippen LogP contribution in [0.3, 0.4) is 0 Å². The molecule has 0 aromatic heterocycles. The molecule has 1 fully saturated rings. The highest BCUT2D eigenvalue weighted by Gasteiger charge is 2.40. The van der Waals surface area contributed by atoms with E-state index < -0.39 is 11.8 Å². The largest absolute Gasteiger partial charge is 0.495 e. The van der Waals surface area contributed by atoms with Crippen molar-refractivity contribution in [2.45, 2.75) is 44.4 Å². The normalized spacial score (nSPS) is 15.7. The maximum atomic E-state index is 13.7. The molecule has 0 unspecified atom stereocenters. The van der Waals surface area contributed by atoms with Crippen molar-refractivity contribution in [3.63, 3.8) is 0 Å². The summed E-state index contributed by atoms with van der Waals surface area (Å²) in [4.78, 5) is 42.1. The number of ether oxygens (including phenoxy) is 1. The van der Waals surface area contributed by atoms with Crippen LogP contribution in [0.2, 0.25) is 0 Å². The van der Waals surface area contributed by atoms with E-state index in [2.05, 4.69) is 10.6 Å². The summed E-state index contributed by atoms with van der Waals surface area (Å²) < 4.78 is 5.50. The zero-order chi connectivity index (χ0) is 27.5. The number of carbonyl (C=O) groups excluding carboxylic acids is 3. The van der Waals surface area contributed by atoms with E-state index >= 15 is 0 Å². The predicted octanol–water partition coefficient (Wildman–Crippen LogP) is 6.43. The van der Waals surface area contributed by atoms with Crippen molar-refractivity contribution in [2.75, 3.05) is 22.6 Å². The van der Waals surface area contributed by atoms with Gasteiger partial charge in [-0.2, -0.15) is 0 Å². The lowest BCUT2D eigenvalue weighted by Gasteiger charge is -2.16. The van der Waals surface area contributed by atoms with E-state index in [-0.39, 0.29) is 22.4 Å². The summed E-state index contributed by atoms with van der Waals surface area (Å²) in [6, 6.07) is 20.2. The molecule has 1 heterocycles. The number of hydrogen-bond acceptors (Lipinski definition) is 6. The highest BCUT2D eigenvalue weighted by atomic mass is 32.2. The predicted molar refractivity (Wildman–Crippen MR) is 155 cm³/mol. The molecule has 8 heteroatoms. The summed E-state index contributed by atoms with van der Waals surface area (Å²) in [5, 5.41) is 6.19. The van der Waals surface area contributed by atoms with Gasteiger partial charge in [-0.15, -0.1) is 0 Å². The van der Waals surface area contributed by atoms with Crippen molar-refractivity contribution in [1.29, 1.82) is 0 Å². The second-order valence-electron chi connectivity index (χ2n) is 9.91. The summed E-state index contributed by atoms with van der Waals surface area (Å²) in [5.74, 6) is -0.142. The highest BCUT2D eigenvalue weighted by molar-refractivity contribution is 8.04. The van der Waals surface area contributed by atoms with Gasteiger partial charge in [0.05, 0.1) is 18.5 Å². The Morgan fingerprint density at radius 2 is 1.56 bits per heavy atom. The molecule has 0 bridgehead atoms. The van der Waals surface area contributed by atoms with Crippen molar-refractivity contribution < 1.29 is 19.1 Å². The minimum Gasteiger partial charge on any atom is -0.495 e. The van der Waals surface area contributed by atoms with Crippen molar-refractivity contribution in [1.82, 2.24) is 0 Å².